The van der Waals surface area contributed by atoms with Crippen molar-refractivity contribution in [1.82, 2.24) is 4.90 Å². The summed E-state index contributed by atoms with van der Waals surface area (Å²) in [4.78, 5) is 13.6. The SMILES string of the molecule is CCCOC(=O)C(C(C)CC)N(C)C. The summed E-state index contributed by atoms with van der Waals surface area (Å²) in [5.41, 5.74) is 0. The molecule has 0 bridgehead atoms. The van der Waals surface area contributed by atoms with Crippen molar-refractivity contribution in [3.05, 3.63) is 0 Å². The van der Waals surface area contributed by atoms with Crippen molar-refractivity contribution in [2.75, 3.05) is 20.7 Å². The molecule has 0 amide bonds. The molecule has 3 nitrogen and oxygen atoms in total. The van der Waals surface area contributed by atoms with Crippen molar-refractivity contribution < 1.29 is 9.53 Å². The van der Waals surface area contributed by atoms with E-state index in [1.54, 1.807) is 0 Å². The van der Waals surface area contributed by atoms with E-state index in [0.717, 1.165) is 12.8 Å². The number of carbonyl (C=O) groups excluding carboxylic acids is 1. The molecule has 0 heterocycles. The average Bonchev–Trinajstić information content (AvgIpc) is 2.14. The Labute approximate surface area is 87.4 Å². The van der Waals surface area contributed by atoms with Gasteiger partial charge >= 0.3 is 5.97 Å². The zero-order valence-electron chi connectivity index (χ0n) is 10.0. The maximum absolute atomic E-state index is 11.7. The van der Waals surface area contributed by atoms with E-state index in [1.807, 2.05) is 25.9 Å². The van der Waals surface area contributed by atoms with Gasteiger partial charge in [-0.3, -0.25) is 9.69 Å². The number of nitrogens with zero attached hydrogens (tertiary/aromatic N) is 1. The van der Waals surface area contributed by atoms with E-state index in [2.05, 4.69) is 13.8 Å². The molecule has 0 aliphatic rings. The number of rotatable bonds is 6. The Morgan fingerprint density at radius 3 is 2.29 bits per heavy atom. The summed E-state index contributed by atoms with van der Waals surface area (Å²) in [6.07, 6.45) is 1.87. The Hall–Kier alpha value is -0.570. The second kappa shape index (κ2) is 6.82. The van der Waals surface area contributed by atoms with Gasteiger partial charge in [0.1, 0.15) is 6.04 Å². The summed E-state index contributed by atoms with van der Waals surface area (Å²) in [6, 6.07) is -0.105. The van der Waals surface area contributed by atoms with Gasteiger partial charge in [0.2, 0.25) is 0 Å². The summed E-state index contributed by atoms with van der Waals surface area (Å²) in [7, 11) is 3.84. The van der Waals surface area contributed by atoms with Crippen LogP contribution >= 0.6 is 0 Å². The molecule has 0 spiro atoms. The van der Waals surface area contributed by atoms with E-state index >= 15 is 0 Å². The monoisotopic (exact) mass is 201 g/mol. The van der Waals surface area contributed by atoms with Gasteiger partial charge in [-0.25, -0.2) is 0 Å². The lowest BCUT2D eigenvalue weighted by molar-refractivity contribution is -0.151. The van der Waals surface area contributed by atoms with Gasteiger partial charge in [0.15, 0.2) is 0 Å². The van der Waals surface area contributed by atoms with E-state index < -0.39 is 0 Å². The number of esters is 1. The summed E-state index contributed by atoms with van der Waals surface area (Å²) < 4.78 is 5.16. The smallest absolute Gasteiger partial charge is 0.323 e. The largest absolute Gasteiger partial charge is 0.465 e. The van der Waals surface area contributed by atoms with Crippen LogP contribution in [0.15, 0.2) is 0 Å². The molecule has 0 aromatic carbocycles. The third-order valence-corrected chi connectivity index (χ3v) is 2.43. The fourth-order valence-corrected chi connectivity index (χ4v) is 1.46. The van der Waals surface area contributed by atoms with E-state index in [-0.39, 0.29) is 12.0 Å². The average molecular weight is 201 g/mol. The Morgan fingerprint density at radius 2 is 1.93 bits per heavy atom. The highest BCUT2D eigenvalue weighted by atomic mass is 16.5. The van der Waals surface area contributed by atoms with Crippen molar-refractivity contribution in [3.63, 3.8) is 0 Å². The molecule has 0 aromatic heterocycles. The predicted octanol–water partition coefficient (Wildman–Crippen LogP) is 1.92. The van der Waals surface area contributed by atoms with Crippen LogP contribution in [0, 0.1) is 5.92 Å². The quantitative estimate of drug-likeness (QED) is 0.615. The number of hydrogen-bond donors (Lipinski definition) is 0. The zero-order valence-corrected chi connectivity index (χ0v) is 10.0. The molecule has 0 saturated heterocycles. The second-order valence-corrected chi connectivity index (χ2v) is 3.96. The van der Waals surface area contributed by atoms with Gasteiger partial charge in [0.05, 0.1) is 6.61 Å². The highest BCUT2D eigenvalue weighted by molar-refractivity contribution is 5.76. The molecule has 2 unspecified atom stereocenters. The minimum absolute atomic E-state index is 0.0915. The van der Waals surface area contributed by atoms with Crippen LogP contribution in [0.2, 0.25) is 0 Å². The molecule has 3 heteroatoms. The maximum atomic E-state index is 11.7. The van der Waals surface area contributed by atoms with Crippen LogP contribution in [0.3, 0.4) is 0 Å². The Bertz CT molecular complexity index is 169. The fourth-order valence-electron chi connectivity index (χ4n) is 1.46. The number of ether oxygens (including phenoxy) is 1. The summed E-state index contributed by atoms with van der Waals surface area (Å²) in [6.45, 7) is 6.70. The van der Waals surface area contributed by atoms with Crippen molar-refractivity contribution >= 4 is 5.97 Å². The number of hydrogen-bond acceptors (Lipinski definition) is 3. The number of carbonyl (C=O) groups is 1. The van der Waals surface area contributed by atoms with E-state index in [1.165, 1.54) is 0 Å². The highest BCUT2D eigenvalue weighted by Crippen LogP contribution is 2.13. The molecule has 0 saturated carbocycles. The highest BCUT2D eigenvalue weighted by Gasteiger charge is 2.27. The van der Waals surface area contributed by atoms with Crippen LogP contribution in [-0.4, -0.2) is 37.6 Å². The Morgan fingerprint density at radius 1 is 1.36 bits per heavy atom. The first-order valence-corrected chi connectivity index (χ1v) is 5.37. The van der Waals surface area contributed by atoms with E-state index in [9.17, 15) is 4.79 Å². The lowest BCUT2D eigenvalue weighted by atomic mass is 9.98. The fraction of sp³-hybridized carbons (Fsp3) is 0.909. The van der Waals surface area contributed by atoms with Gasteiger partial charge in [0, 0.05) is 0 Å². The van der Waals surface area contributed by atoms with Gasteiger partial charge in [-0.15, -0.1) is 0 Å². The lowest BCUT2D eigenvalue weighted by Crippen LogP contribution is -2.42. The van der Waals surface area contributed by atoms with Crippen LogP contribution < -0.4 is 0 Å². The first kappa shape index (κ1) is 13.4. The van der Waals surface area contributed by atoms with Crippen LogP contribution in [-0.2, 0) is 9.53 Å². The third-order valence-electron chi connectivity index (χ3n) is 2.43. The molecule has 84 valence electrons. The lowest BCUT2D eigenvalue weighted by Gasteiger charge is -2.27. The Kier molecular flexibility index (Phi) is 6.54. The van der Waals surface area contributed by atoms with Gasteiger partial charge in [-0.05, 0) is 26.4 Å². The molecule has 0 rings (SSSR count). The first-order valence-electron chi connectivity index (χ1n) is 5.37. The first-order chi connectivity index (χ1) is 6.54. The minimum Gasteiger partial charge on any atom is -0.465 e. The summed E-state index contributed by atoms with van der Waals surface area (Å²) in [5, 5.41) is 0. The van der Waals surface area contributed by atoms with Gasteiger partial charge in [-0.2, -0.15) is 0 Å². The van der Waals surface area contributed by atoms with E-state index in [4.69, 9.17) is 4.74 Å². The normalized spacial score (nSPS) is 15.3. The zero-order chi connectivity index (χ0) is 11.1. The molecular formula is C11H23NO2. The molecule has 0 radical (unpaired) electrons. The molecular weight excluding hydrogens is 178 g/mol. The molecule has 0 N–H and O–H groups in total. The van der Waals surface area contributed by atoms with Crippen molar-refractivity contribution in [2.45, 2.75) is 39.7 Å². The van der Waals surface area contributed by atoms with Crippen LogP contribution in [0.4, 0.5) is 0 Å². The maximum Gasteiger partial charge on any atom is 0.323 e. The summed E-state index contributed by atoms with van der Waals surface area (Å²) >= 11 is 0. The van der Waals surface area contributed by atoms with Crippen LogP contribution in [0.5, 0.6) is 0 Å². The van der Waals surface area contributed by atoms with Crippen molar-refractivity contribution in [2.24, 2.45) is 5.92 Å². The van der Waals surface area contributed by atoms with E-state index in [0.29, 0.717) is 12.5 Å². The molecule has 2 atom stereocenters. The van der Waals surface area contributed by atoms with Crippen molar-refractivity contribution in [3.8, 4) is 0 Å². The van der Waals surface area contributed by atoms with Gasteiger partial charge in [-0.1, -0.05) is 27.2 Å². The summed E-state index contributed by atoms with van der Waals surface area (Å²) in [5.74, 6) is 0.251. The molecule has 0 aliphatic heterocycles. The minimum atomic E-state index is -0.105. The topological polar surface area (TPSA) is 29.5 Å². The second-order valence-electron chi connectivity index (χ2n) is 3.96. The van der Waals surface area contributed by atoms with Gasteiger partial charge in [0.25, 0.3) is 0 Å². The van der Waals surface area contributed by atoms with Crippen LogP contribution in [0.25, 0.3) is 0 Å². The van der Waals surface area contributed by atoms with Gasteiger partial charge < -0.3 is 4.74 Å². The Balaban J connectivity index is 4.26. The molecule has 0 fully saturated rings. The third kappa shape index (κ3) is 4.09. The number of likely N-dealkylation sites (N-methyl/N-ethyl adjacent to an activating group) is 1. The molecule has 0 aliphatic carbocycles. The van der Waals surface area contributed by atoms with Crippen molar-refractivity contribution in [1.29, 1.82) is 0 Å². The molecule has 14 heavy (non-hydrogen) atoms. The standard InChI is InChI=1S/C11H23NO2/c1-6-8-14-11(13)10(12(4)5)9(3)7-2/h9-10H,6-8H2,1-5H3. The predicted molar refractivity (Wildman–Crippen MR) is 58.2 cm³/mol. The van der Waals surface area contributed by atoms with Crippen LogP contribution in [0.1, 0.15) is 33.6 Å². The molecule has 0 aromatic rings.